The van der Waals surface area contributed by atoms with E-state index in [4.69, 9.17) is 4.74 Å². The van der Waals surface area contributed by atoms with Crippen LogP contribution < -0.4 is 0 Å². The Morgan fingerprint density at radius 1 is 1.15 bits per heavy atom. The minimum Gasteiger partial charge on any atom is -0.378 e. The third kappa shape index (κ3) is 4.22. The third-order valence-electron chi connectivity index (χ3n) is 3.01. The quantitative estimate of drug-likeness (QED) is 0.586. The SMILES string of the molecule is C[Si](C)(C)C#Cc1ccc(C(=O)N2CCOCC2)cc1. The summed E-state index contributed by atoms with van der Waals surface area (Å²) >= 11 is 0. The van der Waals surface area contributed by atoms with Gasteiger partial charge in [0.05, 0.1) is 13.2 Å². The lowest BCUT2D eigenvalue weighted by Gasteiger charge is -2.26. The minimum atomic E-state index is -1.35. The molecule has 1 amide bonds. The van der Waals surface area contributed by atoms with Gasteiger partial charge in [-0.05, 0) is 24.3 Å². The Hall–Kier alpha value is -1.57. The smallest absolute Gasteiger partial charge is 0.254 e. The van der Waals surface area contributed by atoms with Crippen LogP contribution in [0.1, 0.15) is 15.9 Å². The molecule has 3 nitrogen and oxygen atoms in total. The molecule has 1 fully saturated rings. The maximum Gasteiger partial charge on any atom is 0.254 e. The van der Waals surface area contributed by atoms with Gasteiger partial charge in [-0.1, -0.05) is 25.6 Å². The van der Waals surface area contributed by atoms with Crippen LogP contribution in [0.25, 0.3) is 0 Å². The lowest BCUT2D eigenvalue weighted by atomic mass is 10.1. The van der Waals surface area contributed by atoms with Crippen molar-refractivity contribution in [3.63, 3.8) is 0 Å². The molecule has 2 rings (SSSR count). The lowest BCUT2D eigenvalue weighted by Crippen LogP contribution is -2.40. The molecule has 0 aromatic heterocycles. The fraction of sp³-hybridized carbons (Fsp3) is 0.438. The summed E-state index contributed by atoms with van der Waals surface area (Å²) < 4.78 is 5.26. The van der Waals surface area contributed by atoms with Crippen molar-refractivity contribution in [3.8, 4) is 11.5 Å². The molecular weight excluding hydrogens is 266 g/mol. The summed E-state index contributed by atoms with van der Waals surface area (Å²) in [6, 6.07) is 7.60. The minimum absolute atomic E-state index is 0.0815. The summed E-state index contributed by atoms with van der Waals surface area (Å²) in [5.74, 6) is 3.28. The second-order valence-corrected chi connectivity index (χ2v) is 10.7. The van der Waals surface area contributed by atoms with Gasteiger partial charge in [0.25, 0.3) is 5.91 Å². The zero-order valence-corrected chi connectivity index (χ0v) is 13.4. The summed E-state index contributed by atoms with van der Waals surface area (Å²) in [7, 11) is -1.35. The molecule has 1 saturated heterocycles. The predicted octanol–water partition coefficient (Wildman–Crippen LogP) is 2.39. The van der Waals surface area contributed by atoms with Crippen LogP contribution in [0.5, 0.6) is 0 Å². The fourth-order valence-corrected chi connectivity index (χ4v) is 2.42. The van der Waals surface area contributed by atoms with Crippen molar-refractivity contribution in [2.24, 2.45) is 0 Å². The molecule has 0 N–H and O–H groups in total. The van der Waals surface area contributed by atoms with Gasteiger partial charge in [-0.15, -0.1) is 5.54 Å². The Morgan fingerprint density at radius 3 is 2.30 bits per heavy atom. The summed E-state index contributed by atoms with van der Waals surface area (Å²) in [6.45, 7) is 9.27. The van der Waals surface area contributed by atoms with Crippen molar-refractivity contribution in [2.45, 2.75) is 19.6 Å². The summed E-state index contributed by atoms with van der Waals surface area (Å²) in [5, 5.41) is 0. The van der Waals surface area contributed by atoms with Crippen LogP contribution in [-0.4, -0.2) is 45.2 Å². The molecule has 1 aromatic carbocycles. The number of carbonyl (C=O) groups excluding carboxylic acids is 1. The van der Waals surface area contributed by atoms with Crippen molar-refractivity contribution in [3.05, 3.63) is 35.4 Å². The summed E-state index contributed by atoms with van der Waals surface area (Å²) in [4.78, 5) is 14.1. The number of ether oxygens (including phenoxy) is 1. The molecule has 1 heterocycles. The van der Waals surface area contributed by atoms with Gasteiger partial charge in [-0.25, -0.2) is 0 Å². The van der Waals surface area contributed by atoms with Gasteiger partial charge >= 0.3 is 0 Å². The number of hydrogen-bond donors (Lipinski definition) is 0. The van der Waals surface area contributed by atoms with Crippen LogP contribution in [0, 0.1) is 11.5 Å². The van der Waals surface area contributed by atoms with Crippen LogP contribution in [-0.2, 0) is 4.74 Å². The first-order chi connectivity index (χ1) is 9.46. The van der Waals surface area contributed by atoms with E-state index in [1.54, 1.807) is 0 Å². The van der Waals surface area contributed by atoms with Gasteiger partial charge in [-0.3, -0.25) is 4.79 Å². The van der Waals surface area contributed by atoms with E-state index in [9.17, 15) is 4.79 Å². The Balaban J connectivity index is 2.07. The second kappa shape index (κ2) is 6.25. The molecule has 20 heavy (non-hydrogen) atoms. The van der Waals surface area contributed by atoms with Gasteiger partial charge in [-0.2, -0.15) is 0 Å². The Morgan fingerprint density at radius 2 is 1.75 bits per heavy atom. The monoisotopic (exact) mass is 287 g/mol. The maximum atomic E-state index is 12.3. The molecule has 106 valence electrons. The predicted molar refractivity (Wildman–Crippen MR) is 83.4 cm³/mol. The van der Waals surface area contributed by atoms with E-state index in [1.807, 2.05) is 29.2 Å². The molecule has 0 radical (unpaired) electrons. The molecule has 0 bridgehead atoms. The highest BCUT2D eigenvalue weighted by Gasteiger charge is 2.18. The van der Waals surface area contributed by atoms with Gasteiger partial charge in [0.15, 0.2) is 0 Å². The fourth-order valence-electron chi connectivity index (χ4n) is 1.90. The van der Waals surface area contributed by atoms with Crippen molar-refractivity contribution < 1.29 is 9.53 Å². The van der Waals surface area contributed by atoms with E-state index >= 15 is 0 Å². The summed E-state index contributed by atoms with van der Waals surface area (Å²) in [6.07, 6.45) is 0. The Kier molecular flexibility index (Phi) is 4.63. The van der Waals surface area contributed by atoms with E-state index < -0.39 is 8.07 Å². The van der Waals surface area contributed by atoms with Crippen molar-refractivity contribution in [2.75, 3.05) is 26.3 Å². The van der Waals surface area contributed by atoms with Gasteiger partial charge in [0.1, 0.15) is 8.07 Å². The third-order valence-corrected chi connectivity index (χ3v) is 3.89. The highest BCUT2D eigenvalue weighted by molar-refractivity contribution is 6.83. The van der Waals surface area contributed by atoms with Gasteiger partial charge < -0.3 is 9.64 Å². The number of rotatable bonds is 1. The van der Waals surface area contributed by atoms with Crippen LogP contribution in [0.4, 0.5) is 0 Å². The number of nitrogens with zero attached hydrogens (tertiary/aromatic N) is 1. The first kappa shape index (κ1) is 14.8. The molecule has 0 spiro atoms. The first-order valence-electron chi connectivity index (χ1n) is 6.96. The lowest BCUT2D eigenvalue weighted by molar-refractivity contribution is 0.0303. The molecular formula is C16H21NO2Si. The van der Waals surface area contributed by atoms with Crippen LogP contribution in [0.15, 0.2) is 24.3 Å². The maximum absolute atomic E-state index is 12.3. The number of amides is 1. The van der Waals surface area contributed by atoms with Gasteiger partial charge in [0, 0.05) is 24.2 Å². The van der Waals surface area contributed by atoms with Crippen molar-refractivity contribution >= 4 is 14.0 Å². The molecule has 1 aliphatic rings. The molecule has 4 heteroatoms. The topological polar surface area (TPSA) is 29.5 Å². The van der Waals surface area contributed by atoms with E-state index in [0.717, 1.165) is 11.1 Å². The van der Waals surface area contributed by atoms with E-state index in [-0.39, 0.29) is 5.91 Å². The number of hydrogen-bond acceptors (Lipinski definition) is 2. The van der Waals surface area contributed by atoms with Crippen LogP contribution >= 0.6 is 0 Å². The molecule has 0 atom stereocenters. The average molecular weight is 287 g/mol. The Bertz CT molecular complexity index is 528. The zero-order chi connectivity index (χ0) is 14.6. The molecule has 0 aliphatic carbocycles. The van der Waals surface area contributed by atoms with E-state index in [2.05, 4.69) is 31.1 Å². The average Bonchev–Trinajstić information content (AvgIpc) is 2.45. The van der Waals surface area contributed by atoms with Crippen molar-refractivity contribution in [1.82, 2.24) is 4.90 Å². The highest BCUT2D eigenvalue weighted by atomic mass is 28.3. The second-order valence-electron chi connectivity index (χ2n) is 5.98. The van der Waals surface area contributed by atoms with E-state index in [0.29, 0.717) is 26.3 Å². The van der Waals surface area contributed by atoms with E-state index in [1.165, 1.54) is 0 Å². The van der Waals surface area contributed by atoms with Crippen LogP contribution in [0.3, 0.4) is 0 Å². The zero-order valence-electron chi connectivity index (χ0n) is 12.4. The van der Waals surface area contributed by atoms with Crippen molar-refractivity contribution in [1.29, 1.82) is 0 Å². The van der Waals surface area contributed by atoms with Crippen LogP contribution in [0.2, 0.25) is 19.6 Å². The molecule has 0 saturated carbocycles. The normalized spacial score (nSPS) is 15.4. The number of morpholine rings is 1. The standard InChI is InChI=1S/C16H21NO2Si/c1-20(2,3)13-8-14-4-6-15(7-5-14)16(18)17-9-11-19-12-10-17/h4-7H,9-12H2,1-3H3. The number of benzene rings is 1. The Labute approximate surface area is 121 Å². The summed E-state index contributed by atoms with van der Waals surface area (Å²) in [5.41, 5.74) is 5.03. The molecule has 1 aliphatic heterocycles. The largest absolute Gasteiger partial charge is 0.378 e. The highest BCUT2D eigenvalue weighted by Crippen LogP contribution is 2.09. The number of carbonyl (C=O) groups is 1. The molecule has 0 unspecified atom stereocenters. The molecule has 1 aromatic rings. The first-order valence-corrected chi connectivity index (χ1v) is 10.5. The van der Waals surface area contributed by atoms with Gasteiger partial charge in [0.2, 0.25) is 0 Å².